The number of hydrogen-bond acceptors (Lipinski definition) is 15. The molecular weight excluding hydrogens is 1100 g/mol. The van der Waals surface area contributed by atoms with Gasteiger partial charge in [0, 0.05) is 72.2 Å². The predicted molar refractivity (Wildman–Crippen MR) is 350 cm³/mol. The van der Waals surface area contributed by atoms with E-state index < -0.39 is 16.8 Å². The number of fused-ring (bicyclic) bond motifs is 3. The van der Waals surface area contributed by atoms with E-state index in [4.69, 9.17) is 49.1 Å². The first-order chi connectivity index (χ1) is 42.8. The molecular formula is C73H94N6O9. The molecule has 3 heterocycles. The molecule has 3 aliphatic heterocycles. The van der Waals surface area contributed by atoms with E-state index in [9.17, 15) is 5.11 Å². The minimum atomic E-state index is -0.563. The van der Waals surface area contributed by atoms with Crippen molar-refractivity contribution in [3.63, 3.8) is 0 Å². The molecule has 6 aromatic rings. The topological polar surface area (TPSA) is 141 Å². The Morgan fingerprint density at radius 3 is 1.03 bits per heavy atom. The summed E-state index contributed by atoms with van der Waals surface area (Å²) in [4.78, 5) is 38.8. The molecule has 6 aliphatic rings. The van der Waals surface area contributed by atoms with Crippen LogP contribution in [-0.4, -0.2) is 140 Å². The standard InChI is InChI=1S/C73H94N6O9/c1-71(80)32-26-62(27-33-71)77-38-9-12-60(48-77)69(57-18-15-54-45-66(82-5)24-21-51(54)42-57)75-87-86-73(3)36-30-64(31-37-73)79-40-10-13-61(49-79)70(58-19-16-55-46-67(83-6)25-22-52(55)43-58)76-88-85-72(2)34-28-63(29-35-72)78-39-8-11-59(47-78)68(74-84-7)56-17-14-53-44-65(81-4)23-20-50(53)41-56/h14-25,41-46,59-64,80H,8-13,26-40,47-49H2,1-7H3/b74-68-,75-69-,76-70-. The molecule has 88 heavy (non-hydrogen) atoms. The molecule has 12 rings (SSSR count). The second-order valence-electron chi connectivity index (χ2n) is 27.3. The van der Waals surface area contributed by atoms with Gasteiger partial charge in [-0.2, -0.15) is 9.78 Å². The lowest BCUT2D eigenvalue weighted by Crippen LogP contribution is -2.49. The van der Waals surface area contributed by atoms with Gasteiger partial charge in [-0.25, -0.2) is 9.98 Å². The van der Waals surface area contributed by atoms with Gasteiger partial charge in [0.15, 0.2) is 0 Å². The van der Waals surface area contributed by atoms with Gasteiger partial charge in [-0.3, -0.25) is 14.7 Å². The minimum Gasteiger partial charge on any atom is -0.497 e. The number of benzene rings is 6. The van der Waals surface area contributed by atoms with E-state index in [0.29, 0.717) is 18.1 Å². The van der Waals surface area contributed by atoms with Crippen molar-refractivity contribution >= 4 is 49.5 Å². The number of methoxy groups -OCH3 is 3. The van der Waals surface area contributed by atoms with E-state index in [-0.39, 0.29) is 17.8 Å². The van der Waals surface area contributed by atoms with Gasteiger partial charge in [0.05, 0.1) is 44.1 Å². The summed E-state index contributed by atoms with van der Waals surface area (Å²) < 4.78 is 16.6. The van der Waals surface area contributed by atoms with Crippen molar-refractivity contribution in [3.8, 4) is 17.2 Å². The van der Waals surface area contributed by atoms with Gasteiger partial charge in [-0.1, -0.05) is 59.8 Å². The molecule has 3 aliphatic carbocycles. The zero-order valence-electron chi connectivity index (χ0n) is 53.2. The molecule has 3 atom stereocenters. The lowest BCUT2D eigenvalue weighted by atomic mass is 9.81. The lowest BCUT2D eigenvalue weighted by molar-refractivity contribution is -0.366. The predicted octanol–water partition coefficient (Wildman–Crippen LogP) is 14.5. The zero-order chi connectivity index (χ0) is 60.8. The van der Waals surface area contributed by atoms with Crippen LogP contribution < -0.4 is 14.2 Å². The molecule has 15 nitrogen and oxygen atoms in total. The first kappa shape index (κ1) is 61.9. The Morgan fingerprint density at radius 2 is 0.705 bits per heavy atom. The normalized spacial score (nSPS) is 29.2. The van der Waals surface area contributed by atoms with Crippen LogP contribution in [0.2, 0.25) is 0 Å². The summed E-state index contributed by atoms with van der Waals surface area (Å²) in [5.74, 6) is 3.13. The molecule has 3 saturated heterocycles. The van der Waals surface area contributed by atoms with Crippen molar-refractivity contribution in [1.29, 1.82) is 0 Å². The lowest BCUT2D eigenvalue weighted by Gasteiger charge is -2.44. The maximum absolute atomic E-state index is 10.8. The number of likely N-dealkylation sites (tertiary alicyclic amines) is 3. The maximum Gasteiger partial charge on any atom is 0.119 e. The third-order valence-electron chi connectivity index (χ3n) is 21.1. The van der Waals surface area contributed by atoms with Crippen molar-refractivity contribution in [2.75, 3.05) is 67.7 Å². The average molecular weight is 1200 g/mol. The number of aliphatic hydroxyl groups is 1. The number of oxime groups is 3. The van der Waals surface area contributed by atoms with Gasteiger partial charge >= 0.3 is 0 Å². The van der Waals surface area contributed by atoms with Crippen LogP contribution >= 0.6 is 0 Å². The first-order valence-corrected chi connectivity index (χ1v) is 32.9. The SMILES string of the molecule is CO/N=C(/c1ccc2cc(OC)ccc2c1)C1CCCN(C2CCC(C)(OO/N=C(/c3ccc4cc(OC)ccc4c3)C3CCCN(C4CCC(C)(OO/N=C(/c5ccc6cc(OC)ccc6c5)C5CCCN(C6CCC(C)(O)CC6)C5)CC4)C3)CC2)C1. The van der Waals surface area contributed by atoms with Crippen LogP contribution in [0.3, 0.4) is 0 Å². The fraction of sp³-hybridized carbons (Fsp3) is 0.548. The quantitative estimate of drug-likeness (QED) is 0.0469. The van der Waals surface area contributed by atoms with Crippen molar-refractivity contribution in [3.05, 3.63) is 126 Å². The van der Waals surface area contributed by atoms with Gasteiger partial charge in [-0.15, -0.1) is 0 Å². The third kappa shape index (κ3) is 14.5. The van der Waals surface area contributed by atoms with E-state index in [1.54, 1.807) is 28.4 Å². The van der Waals surface area contributed by atoms with Crippen molar-refractivity contribution in [1.82, 2.24) is 14.7 Å². The molecule has 15 heteroatoms. The Kier molecular flexibility index (Phi) is 19.3. The van der Waals surface area contributed by atoms with Crippen LogP contribution in [0.15, 0.2) is 125 Å². The molecule has 0 aromatic heterocycles. The van der Waals surface area contributed by atoms with E-state index in [1.165, 1.54) is 0 Å². The monoisotopic (exact) mass is 1200 g/mol. The van der Waals surface area contributed by atoms with Crippen LogP contribution in [0.5, 0.6) is 17.2 Å². The van der Waals surface area contributed by atoms with E-state index >= 15 is 0 Å². The molecule has 3 saturated carbocycles. The third-order valence-corrected chi connectivity index (χ3v) is 21.1. The Labute approximate surface area is 521 Å². The smallest absolute Gasteiger partial charge is 0.119 e. The molecule has 6 fully saturated rings. The number of hydrogen-bond donors (Lipinski definition) is 1. The number of ether oxygens (including phenoxy) is 3. The van der Waals surface area contributed by atoms with Gasteiger partial charge in [0.2, 0.25) is 0 Å². The fourth-order valence-electron chi connectivity index (χ4n) is 15.6. The summed E-state index contributed by atoms with van der Waals surface area (Å²) in [7, 11) is 6.78. The second-order valence-corrected chi connectivity index (χ2v) is 27.3. The summed E-state index contributed by atoms with van der Waals surface area (Å²) in [5.41, 5.74) is 4.60. The Morgan fingerprint density at radius 1 is 0.398 bits per heavy atom. The molecule has 1 N–H and O–H groups in total. The van der Waals surface area contributed by atoms with Gasteiger partial charge in [0.25, 0.3) is 0 Å². The van der Waals surface area contributed by atoms with Crippen LogP contribution in [0.4, 0.5) is 0 Å². The molecule has 0 amide bonds. The highest BCUT2D eigenvalue weighted by Crippen LogP contribution is 2.40. The molecule has 6 aromatic carbocycles. The highest BCUT2D eigenvalue weighted by Gasteiger charge is 2.41. The summed E-state index contributed by atoms with van der Waals surface area (Å²) in [6.07, 6.45) is 17.6. The number of rotatable bonds is 19. The molecule has 0 bridgehead atoms. The summed E-state index contributed by atoms with van der Waals surface area (Å²) in [6, 6.07) is 39.7. The van der Waals surface area contributed by atoms with E-state index in [1.807, 2.05) is 25.1 Å². The molecule has 0 radical (unpaired) electrons. The maximum atomic E-state index is 10.8. The highest BCUT2D eigenvalue weighted by molar-refractivity contribution is 6.06. The fourth-order valence-corrected chi connectivity index (χ4v) is 15.6. The average Bonchev–Trinajstić information content (AvgIpc) is 3.46. The van der Waals surface area contributed by atoms with Gasteiger partial charge < -0.3 is 24.2 Å². The van der Waals surface area contributed by atoms with Crippen LogP contribution in [0.25, 0.3) is 32.3 Å². The Balaban J connectivity index is 0.691. The summed E-state index contributed by atoms with van der Waals surface area (Å²) >= 11 is 0. The summed E-state index contributed by atoms with van der Waals surface area (Å²) in [6.45, 7) is 12.3. The van der Waals surface area contributed by atoms with Crippen molar-refractivity contribution in [2.45, 2.75) is 171 Å². The minimum absolute atomic E-state index is 0.148. The second kappa shape index (κ2) is 27.4. The van der Waals surface area contributed by atoms with Gasteiger partial charge in [0.1, 0.15) is 35.6 Å². The Bertz CT molecular complexity index is 3450. The number of piperidine rings is 3. The first-order valence-electron chi connectivity index (χ1n) is 32.9. The van der Waals surface area contributed by atoms with Gasteiger partial charge in [-0.05, 0) is 253 Å². The van der Waals surface area contributed by atoms with Crippen molar-refractivity contribution in [2.24, 2.45) is 33.2 Å². The highest BCUT2D eigenvalue weighted by atomic mass is 17.3. The molecule has 3 unspecified atom stereocenters. The van der Waals surface area contributed by atoms with Crippen LogP contribution in [0, 0.1) is 17.8 Å². The zero-order valence-corrected chi connectivity index (χ0v) is 53.2. The number of nitrogens with zero attached hydrogens (tertiary/aromatic N) is 6. The summed E-state index contributed by atoms with van der Waals surface area (Å²) in [5, 5.41) is 32.2. The van der Waals surface area contributed by atoms with Crippen LogP contribution in [0.1, 0.15) is 153 Å². The molecule has 470 valence electrons. The largest absolute Gasteiger partial charge is 0.497 e. The Hall–Kier alpha value is -6.33. The van der Waals surface area contributed by atoms with Crippen LogP contribution in [-0.2, 0) is 24.6 Å². The van der Waals surface area contributed by atoms with E-state index in [2.05, 4.69) is 125 Å². The molecule has 0 spiro atoms. The van der Waals surface area contributed by atoms with Crippen molar-refractivity contribution < 1.29 is 43.9 Å². The van der Waals surface area contributed by atoms with E-state index in [0.717, 1.165) is 238 Å².